The molecule has 0 aliphatic rings. The largest absolute Gasteiger partial charge is 0.497 e. The van der Waals surface area contributed by atoms with Crippen LogP contribution in [-0.2, 0) is 6.42 Å². The van der Waals surface area contributed by atoms with Gasteiger partial charge in [0.15, 0.2) is 0 Å². The Morgan fingerprint density at radius 3 is 2.87 bits per heavy atom. The van der Waals surface area contributed by atoms with Crippen molar-refractivity contribution in [1.29, 1.82) is 0 Å². The summed E-state index contributed by atoms with van der Waals surface area (Å²) in [4.78, 5) is 15.6. The molecule has 0 saturated heterocycles. The number of anilines is 3. The second kappa shape index (κ2) is 8.02. The van der Waals surface area contributed by atoms with E-state index in [9.17, 15) is 0 Å². The van der Waals surface area contributed by atoms with Gasteiger partial charge in [0, 0.05) is 58.2 Å². The number of hydrogen-bond donors (Lipinski definition) is 4. The van der Waals surface area contributed by atoms with Gasteiger partial charge in [-0.25, -0.2) is 4.98 Å². The fourth-order valence-corrected chi connectivity index (χ4v) is 3.83. The quantitative estimate of drug-likeness (QED) is 0.297. The van der Waals surface area contributed by atoms with Gasteiger partial charge in [-0.1, -0.05) is 0 Å². The normalized spacial score (nSPS) is 11.2. The van der Waals surface area contributed by atoms with Crippen LogP contribution < -0.4 is 15.4 Å². The number of fused-ring (bicyclic) bond motifs is 2. The Bertz CT molecular complexity index is 1350. The number of rotatable bonds is 7. The molecule has 0 saturated carbocycles. The number of aromatic amines is 2. The number of benzene rings is 2. The van der Waals surface area contributed by atoms with E-state index in [4.69, 9.17) is 4.74 Å². The first kappa shape index (κ1) is 19.0. The van der Waals surface area contributed by atoms with Crippen LogP contribution in [0.15, 0.2) is 60.9 Å². The Balaban J connectivity index is 1.24. The Morgan fingerprint density at radius 1 is 1.03 bits per heavy atom. The number of nitrogens with zero attached hydrogens (tertiary/aromatic N) is 2. The lowest BCUT2D eigenvalue weighted by Gasteiger charge is -2.08. The predicted octanol–water partition coefficient (Wildman–Crippen LogP) is 5.15. The van der Waals surface area contributed by atoms with Crippen LogP contribution in [0.1, 0.15) is 11.3 Å². The number of methoxy groups -OCH3 is 1. The molecule has 5 rings (SSSR count). The van der Waals surface area contributed by atoms with Crippen molar-refractivity contribution in [2.45, 2.75) is 13.3 Å². The molecule has 3 heterocycles. The zero-order valence-corrected chi connectivity index (χ0v) is 17.5. The zero-order chi connectivity index (χ0) is 21.2. The molecule has 0 unspecified atom stereocenters. The minimum atomic E-state index is 0.602. The van der Waals surface area contributed by atoms with Gasteiger partial charge in [-0.3, -0.25) is 0 Å². The highest BCUT2D eigenvalue weighted by molar-refractivity contribution is 5.85. The number of nitrogens with one attached hydrogen (secondary N) is 4. The van der Waals surface area contributed by atoms with Gasteiger partial charge in [0.25, 0.3) is 0 Å². The van der Waals surface area contributed by atoms with Crippen molar-refractivity contribution in [3.8, 4) is 5.75 Å². The summed E-state index contributed by atoms with van der Waals surface area (Å²) >= 11 is 0. The lowest BCUT2D eigenvalue weighted by molar-refractivity contribution is 0.415. The van der Waals surface area contributed by atoms with E-state index in [1.165, 1.54) is 16.3 Å². The van der Waals surface area contributed by atoms with E-state index >= 15 is 0 Å². The second-order valence-corrected chi connectivity index (χ2v) is 7.55. The van der Waals surface area contributed by atoms with Crippen LogP contribution in [-0.4, -0.2) is 33.6 Å². The van der Waals surface area contributed by atoms with E-state index < -0.39 is 0 Å². The highest BCUT2D eigenvalue weighted by Gasteiger charge is 2.06. The Morgan fingerprint density at radius 2 is 1.97 bits per heavy atom. The third-order valence-electron chi connectivity index (χ3n) is 5.34. The monoisotopic (exact) mass is 412 g/mol. The van der Waals surface area contributed by atoms with Crippen LogP contribution >= 0.6 is 0 Å². The van der Waals surface area contributed by atoms with Crippen LogP contribution in [0.4, 0.5) is 17.5 Å². The van der Waals surface area contributed by atoms with Gasteiger partial charge in [0.05, 0.1) is 7.11 Å². The highest BCUT2D eigenvalue weighted by atomic mass is 16.5. The Hall–Kier alpha value is -4.00. The fraction of sp³-hybridized carbons (Fsp3) is 0.167. The first-order chi connectivity index (χ1) is 15.2. The van der Waals surface area contributed by atoms with Gasteiger partial charge >= 0.3 is 0 Å². The molecule has 0 aliphatic carbocycles. The molecule has 0 aliphatic heterocycles. The number of aryl methyl sites for hydroxylation is 1. The molecule has 31 heavy (non-hydrogen) atoms. The zero-order valence-electron chi connectivity index (χ0n) is 17.5. The van der Waals surface area contributed by atoms with Crippen molar-refractivity contribution in [2.24, 2.45) is 0 Å². The molecular weight excluding hydrogens is 388 g/mol. The van der Waals surface area contributed by atoms with Crippen LogP contribution in [0.25, 0.3) is 21.8 Å². The van der Waals surface area contributed by atoms with Crippen LogP contribution in [0.2, 0.25) is 0 Å². The van der Waals surface area contributed by atoms with Crippen molar-refractivity contribution in [2.75, 3.05) is 24.3 Å². The average molecular weight is 412 g/mol. The molecule has 0 radical (unpaired) electrons. The van der Waals surface area contributed by atoms with Crippen LogP contribution in [0.3, 0.4) is 0 Å². The fourth-order valence-electron chi connectivity index (χ4n) is 3.83. The van der Waals surface area contributed by atoms with Crippen molar-refractivity contribution < 1.29 is 4.74 Å². The lowest BCUT2D eigenvalue weighted by Crippen LogP contribution is -2.08. The van der Waals surface area contributed by atoms with E-state index in [-0.39, 0.29) is 0 Å². The van der Waals surface area contributed by atoms with Crippen molar-refractivity contribution in [3.63, 3.8) is 0 Å². The molecule has 0 spiro atoms. The first-order valence-corrected chi connectivity index (χ1v) is 10.3. The Labute approximate surface area is 179 Å². The molecule has 5 aromatic rings. The summed E-state index contributed by atoms with van der Waals surface area (Å²) < 4.78 is 5.29. The molecule has 156 valence electrons. The van der Waals surface area contributed by atoms with Crippen molar-refractivity contribution in [1.82, 2.24) is 19.9 Å². The summed E-state index contributed by atoms with van der Waals surface area (Å²) in [6.45, 7) is 2.79. The van der Waals surface area contributed by atoms with Gasteiger partial charge in [0.2, 0.25) is 5.95 Å². The standard InChI is InChI=1S/C24H24N6O/c1-15-11-17-12-18(3-6-21(17)28-15)29-23-8-10-26-24(30-23)25-9-7-16-14-27-22-13-19(31-2)4-5-20(16)22/h3-6,8,10-14,27-28H,7,9H2,1-2H3,(H2,25,26,29,30). The molecule has 0 amide bonds. The first-order valence-electron chi connectivity index (χ1n) is 10.3. The summed E-state index contributed by atoms with van der Waals surface area (Å²) in [7, 11) is 1.68. The number of H-pyrrole nitrogens is 2. The summed E-state index contributed by atoms with van der Waals surface area (Å²) in [5.74, 6) is 2.20. The summed E-state index contributed by atoms with van der Waals surface area (Å²) in [6.07, 6.45) is 4.66. The number of aromatic nitrogens is 4. The van der Waals surface area contributed by atoms with Crippen LogP contribution in [0, 0.1) is 6.92 Å². The SMILES string of the molecule is COc1ccc2c(CCNc3nccc(Nc4ccc5[nH]c(C)cc5c4)n3)c[nH]c2c1. The number of ether oxygens (including phenoxy) is 1. The number of hydrogen-bond acceptors (Lipinski definition) is 5. The van der Waals surface area contributed by atoms with E-state index in [1.807, 2.05) is 30.5 Å². The topological polar surface area (TPSA) is 90.7 Å². The molecule has 0 fully saturated rings. The minimum absolute atomic E-state index is 0.602. The molecular formula is C24H24N6O. The summed E-state index contributed by atoms with van der Waals surface area (Å²) in [5, 5.41) is 9.06. The van der Waals surface area contributed by atoms with Crippen molar-refractivity contribution >= 4 is 39.3 Å². The van der Waals surface area contributed by atoms with Gasteiger partial charge in [-0.2, -0.15) is 4.98 Å². The van der Waals surface area contributed by atoms with Crippen LogP contribution in [0.5, 0.6) is 5.75 Å². The Kier molecular flexibility index (Phi) is 4.92. The summed E-state index contributed by atoms with van der Waals surface area (Å²) in [6, 6.07) is 16.3. The minimum Gasteiger partial charge on any atom is -0.497 e. The average Bonchev–Trinajstić information content (AvgIpc) is 3.35. The summed E-state index contributed by atoms with van der Waals surface area (Å²) in [5.41, 5.74) is 5.59. The van der Waals surface area contributed by atoms with Gasteiger partial charge in [-0.05, 0) is 61.4 Å². The maximum Gasteiger partial charge on any atom is 0.224 e. The smallest absolute Gasteiger partial charge is 0.224 e. The van der Waals surface area contributed by atoms with E-state index in [0.29, 0.717) is 5.95 Å². The maximum atomic E-state index is 5.29. The second-order valence-electron chi connectivity index (χ2n) is 7.55. The molecule has 2 aromatic carbocycles. The third-order valence-corrected chi connectivity index (χ3v) is 5.34. The van der Waals surface area contributed by atoms with E-state index in [2.05, 4.69) is 61.8 Å². The van der Waals surface area contributed by atoms with Gasteiger partial charge in [0.1, 0.15) is 11.6 Å². The van der Waals surface area contributed by atoms with E-state index in [0.717, 1.165) is 46.9 Å². The third kappa shape index (κ3) is 4.02. The predicted molar refractivity (Wildman–Crippen MR) is 125 cm³/mol. The van der Waals surface area contributed by atoms with E-state index in [1.54, 1.807) is 13.3 Å². The molecule has 3 aromatic heterocycles. The highest BCUT2D eigenvalue weighted by Crippen LogP contribution is 2.24. The molecule has 0 atom stereocenters. The van der Waals surface area contributed by atoms with Gasteiger partial charge in [-0.15, -0.1) is 0 Å². The molecule has 0 bridgehead atoms. The lowest BCUT2D eigenvalue weighted by atomic mass is 10.1. The molecule has 7 heteroatoms. The molecule has 4 N–H and O–H groups in total. The molecule has 7 nitrogen and oxygen atoms in total. The maximum absolute atomic E-state index is 5.29. The van der Waals surface area contributed by atoms with Crippen molar-refractivity contribution in [3.05, 3.63) is 72.2 Å². The van der Waals surface area contributed by atoms with Gasteiger partial charge < -0.3 is 25.3 Å².